The topological polar surface area (TPSA) is 84.2 Å². The Labute approximate surface area is 127 Å². The average molecular weight is 295 g/mol. The van der Waals surface area contributed by atoms with Gasteiger partial charge in [-0.2, -0.15) is 0 Å². The van der Waals surface area contributed by atoms with Crippen LogP contribution < -0.4 is 16.4 Å². The Morgan fingerprint density at radius 3 is 2.38 bits per heavy atom. The molecule has 2 amide bonds. The Morgan fingerprint density at radius 1 is 1.19 bits per heavy atom. The van der Waals surface area contributed by atoms with Gasteiger partial charge in [0.25, 0.3) is 0 Å². The van der Waals surface area contributed by atoms with E-state index in [9.17, 15) is 9.59 Å². The summed E-state index contributed by atoms with van der Waals surface area (Å²) in [7, 11) is 0. The quantitative estimate of drug-likeness (QED) is 0.728. The lowest BCUT2D eigenvalue weighted by Crippen LogP contribution is -2.54. The van der Waals surface area contributed by atoms with E-state index in [1.54, 1.807) is 6.92 Å². The molecule has 4 atom stereocenters. The summed E-state index contributed by atoms with van der Waals surface area (Å²) < 4.78 is 0. The zero-order valence-electron chi connectivity index (χ0n) is 13.6. The molecular weight excluding hydrogens is 266 g/mol. The summed E-state index contributed by atoms with van der Waals surface area (Å²) in [6.45, 7) is 8.08. The van der Waals surface area contributed by atoms with Crippen LogP contribution in [0.4, 0.5) is 0 Å². The molecule has 0 spiro atoms. The third-order valence-electron chi connectivity index (χ3n) is 5.49. The fraction of sp³-hybridized carbons (Fsp3) is 0.875. The van der Waals surface area contributed by atoms with E-state index in [2.05, 4.69) is 31.4 Å². The molecule has 0 radical (unpaired) electrons. The Kier molecular flexibility index (Phi) is 4.61. The zero-order valence-corrected chi connectivity index (χ0v) is 13.6. The van der Waals surface area contributed by atoms with Crippen LogP contribution in [0.25, 0.3) is 0 Å². The van der Waals surface area contributed by atoms with Crippen LogP contribution in [0.5, 0.6) is 0 Å². The standard InChI is InChI=1S/C16H29N3O2/c1-9-13(17)8-7-12(16(9,3)4)15(21)18-10(2)14(20)19-11-5-6-11/h9-13H,5-8,17H2,1-4H3,(H,18,21)(H,19,20). The van der Waals surface area contributed by atoms with Crippen molar-refractivity contribution in [1.29, 1.82) is 0 Å². The van der Waals surface area contributed by atoms with Gasteiger partial charge in [0.15, 0.2) is 0 Å². The second-order valence-corrected chi connectivity index (χ2v) is 7.42. The van der Waals surface area contributed by atoms with Gasteiger partial charge in [-0.05, 0) is 43.9 Å². The summed E-state index contributed by atoms with van der Waals surface area (Å²) in [6, 6.07) is 0.000406. The summed E-state index contributed by atoms with van der Waals surface area (Å²) in [4.78, 5) is 24.5. The molecule has 0 heterocycles. The maximum absolute atomic E-state index is 12.6. The van der Waals surface area contributed by atoms with E-state index in [1.165, 1.54) is 0 Å². The monoisotopic (exact) mass is 295 g/mol. The highest BCUT2D eigenvalue weighted by atomic mass is 16.2. The lowest BCUT2D eigenvalue weighted by atomic mass is 9.61. The van der Waals surface area contributed by atoms with Gasteiger partial charge in [-0.15, -0.1) is 0 Å². The smallest absolute Gasteiger partial charge is 0.242 e. The molecule has 2 aliphatic carbocycles. The lowest BCUT2D eigenvalue weighted by Gasteiger charge is -2.46. The van der Waals surface area contributed by atoms with Crippen molar-refractivity contribution in [3.63, 3.8) is 0 Å². The highest BCUT2D eigenvalue weighted by Crippen LogP contribution is 2.44. The van der Waals surface area contributed by atoms with Crippen LogP contribution in [-0.4, -0.2) is 29.9 Å². The van der Waals surface area contributed by atoms with Gasteiger partial charge in [0, 0.05) is 18.0 Å². The minimum atomic E-state index is -0.472. The van der Waals surface area contributed by atoms with Crippen molar-refractivity contribution in [3.8, 4) is 0 Å². The molecule has 120 valence electrons. The van der Waals surface area contributed by atoms with Crippen molar-refractivity contribution in [2.24, 2.45) is 23.0 Å². The number of nitrogens with two attached hydrogens (primary N) is 1. The normalized spacial score (nSPS) is 33.1. The predicted molar refractivity (Wildman–Crippen MR) is 82.4 cm³/mol. The fourth-order valence-corrected chi connectivity index (χ4v) is 3.25. The first-order valence-corrected chi connectivity index (χ1v) is 8.09. The lowest BCUT2D eigenvalue weighted by molar-refractivity contribution is -0.136. The van der Waals surface area contributed by atoms with E-state index in [0.29, 0.717) is 6.04 Å². The highest BCUT2D eigenvalue weighted by molar-refractivity contribution is 5.88. The summed E-state index contributed by atoms with van der Waals surface area (Å²) in [6.07, 6.45) is 3.77. The number of amides is 2. The van der Waals surface area contributed by atoms with Gasteiger partial charge in [-0.1, -0.05) is 20.8 Å². The van der Waals surface area contributed by atoms with E-state index in [-0.39, 0.29) is 35.1 Å². The number of carbonyl (C=O) groups excluding carboxylic acids is 2. The average Bonchev–Trinajstić information content (AvgIpc) is 3.19. The van der Waals surface area contributed by atoms with Crippen LogP contribution >= 0.6 is 0 Å². The van der Waals surface area contributed by atoms with Gasteiger partial charge < -0.3 is 16.4 Å². The molecule has 4 unspecified atom stereocenters. The first-order valence-electron chi connectivity index (χ1n) is 8.09. The minimum Gasteiger partial charge on any atom is -0.352 e. The van der Waals surface area contributed by atoms with Crippen molar-refractivity contribution in [3.05, 3.63) is 0 Å². The fourth-order valence-electron chi connectivity index (χ4n) is 3.25. The molecule has 21 heavy (non-hydrogen) atoms. The van der Waals surface area contributed by atoms with Gasteiger partial charge >= 0.3 is 0 Å². The first kappa shape index (κ1) is 16.3. The molecule has 0 aliphatic heterocycles. The number of hydrogen-bond donors (Lipinski definition) is 3. The van der Waals surface area contributed by atoms with Crippen molar-refractivity contribution >= 4 is 11.8 Å². The van der Waals surface area contributed by atoms with Crippen LogP contribution in [-0.2, 0) is 9.59 Å². The largest absolute Gasteiger partial charge is 0.352 e. The van der Waals surface area contributed by atoms with Gasteiger partial charge in [0.2, 0.25) is 11.8 Å². The Balaban J connectivity index is 1.93. The van der Waals surface area contributed by atoms with Crippen molar-refractivity contribution in [2.45, 2.75) is 71.5 Å². The molecule has 2 aliphatic rings. The van der Waals surface area contributed by atoms with Gasteiger partial charge in [0.05, 0.1) is 0 Å². The molecule has 0 aromatic carbocycles. The van der Waals surface area contributed by atoms with Gasteiger partial charge in [-0.3, -0.25) is 9.59 Å². The minimum absolute atomic E-state index is 0.0165. The molecule has 2 rings (SSSR count). The number of nitrogens with one attached hydrogen (secondary N) is 2. The van der Waals surface area contributed by atoms with E-state index < -0.39 is 6.04 Å². The molecule has 2 fully saturated rings. The maximum atomic E-state index is 12.6. The van der Waals surface area contributed by atoms with Crippen molar-refractivity contribution in [1.82, 2.24) is 10.6 Å². The van der Waals surface area contributed by atoms with E-state index in [1.807, 2.05) is 0 Å². The van der Waals surface area contributed by atoms with Crippen molar-refractivity contribution in [2.75, 3.05) is 0 Å². The SMILES string of the molecule is CC(NC(=O)C1CCC(N)C(C)C1(C)C)C(=O)NC1CC1. The van der Waals surface area contributed by atoms with Crippen LogP contribution in [0, 0.1) is 17.3 Å². The second kappa shape index (κ2) is 5.95. The van der Waals surface area contributed by atoms with E-state index in [0.717, 1.165) is 25.7 Å². The summed E-state index contributed by atoms with van der Waals surface area (Å²) in [5.74, 6) is 0.113. The predicted octanol–water partition coefficient (Wildman–Crippen LogP) is 1.17. The summed E-state index contributed by atoms with van der Waals surface area (Å²) in [5, 5.41) is 5.81. The van der Waals surface area contributed by atoms with Crippen molar-refractivity contribution < 1.29 is 9.59 Å². The Hall–Kier alpha value is -1.10. The van der Waals surface area contributed by atoms with Gasteiger partial charge in [0.1, 0.15) is 6.04 Å². The third kappa shape index (κ3) is 3.57. The summed E-state index contributed by atoms with van der Waals surface area (Å²) in [5.41, 5.74) is 5.99. The summed E-state index contributed by atoms with van der Waals surface area (Å²) >= 11 is 0. The Morgan fingerprint density at radius 2 is 1.81 bits per heavy atom. The molecule has 5 nitrogen and oxygen atoms in total. The number of hydrogen-bond acceptors (Lipinski definition) is 3. The zero-order chi connectivity index (χ0) is 15.8. The Bertz CT molecular complexity index is 418. The molecule has 0 bridgehead atoms. The maximum Gasteiger partial charge on any atom is 0.242 e. The van der Waals surface area contributed by atoms with E-state index >= 15 is 0 Å². The molecule has 0 aromatic rings. The molecule has 4 N–H and O–H groups in total. The molecule has 2 saturated carbocycles. The van der Waals surface area contributed by atoms with Crippen LogP contribution in [0.15, 0.2) is 0 Å². The molecule has 5 heteroatoms. The number of carbonyl (C=O) groups is 2. The molecule has 0 saturated heterocycles. The van der Waals surface area contributed by atoms with E-state index in [4.69, 9.17) is 5.73 Å². The highest BCUT2D eigenvalue weighted by Gasteiger charge is 2.45. The third-order valence-corrected chi connectivity index (χ3v) is 5.49. The molecular formula is C16H29N3O2. The number of rotatable bonds is 4. The van der Waals surface area contributed by atoms with Crippen LogP contribution in [0.3, 0.4) is 0 Å². The first-order chi connectivity index (χ1) is 9.73. The molecule has 0 aromatic heterocycles. The van der Waals surface area contributed by atoms with Gasteiger partial charge in [-0.25, -0.2) is 0 Å². The van der Waals surface area contributed by atoms with Crippen LogP contribution in [0.1, 0.15) is 53.4 Å². The van der Waals surface area contributed by atoms with Crippen LogP contribution in [0.2, 0.25) is 0 Å². The second-order valence-electron chi connectivity index (χ2n) is 7.42.